The van der Waals surface area contributed by atoms with Crippen LogP contribution in [0.2, 0.25) is 0 Å². The molecule has 1 amide bonds. The summed E-state index contributed by atoms with van der Waals surface area (Å²) in [4.78, 5) is 22.0. The number of amides is 1. The van der Waals surface area contributed by atoms with E-state index in [1.54, 1.807) is 30.6 Å². The summed E-state index contributed by atoms with van der Waals surface area (Å²) in [6.45, 7) is 4.33. The summed E-state index contributed by atoms with van der Waals surface area (Å²) in [5, 5.41) is 2.91. The molecule has 3 aromatic rings. The maximum absolute atomic E-state index is 16.1. The van der Waals surface area contributed by atoms with Crippen LogP contribution < -0.4 is 5.32 Å². The molecule has 1 atom stereocenters. The fraction of sp³-hybridized carbons (Fsp3) is 0.320. The highest BCUT2D eigenvalue weighted by atomic mass is 19.1. The Morgan fingerprint density at radius 1 is 1.13 bits per heavy atom. The van der Waals surface area contributed by atoms with Crippen molar-refractivity contribution in [3.8, 4) is 22.4 Å². The van der Waals surface area contributed by atoms with Gasteiger partial charge in [0.1, 0.15) is 11.4 Å². The highest BCUT2D eigenvalue weighted by Crippen LogP contribution is 2.41. The summed E-state index contributed by atoms with van der Waals surface area (Å²) in [6.07, 6.45) is 5.41. The Morgan fingerprint density at radius 2 is 1.90 bits per heavy atom. The van der Waals surface area contributed by atoms with Gasteiger partial charge in [-0.05, 0) is 39.2 Å². The van der Waals surface area contributed by atoms with Gasteiger partial charge in [-0.1, -0.05) is 36.4 Å². The number of carbonyl (C=O) groups excluding carboxylic acids is 1. The van der Waals surface area contributed by atoms with Gasteiger partial charge in [0.25, 0.3) is 5.91 Å². The van der Waals surface area contributed by atoms with E-state index in [9.17, 15) is 4.79 Å². The van der Waals surface area contributed by atoms with E-state index in [2.05, 4.69) is 15.3 Å². The van der Waals surface area contributed by atoms with Gasteiger partial charge in [-0.2, -0.15) is 0 Å². The molecule has 0 spiro atoms. The molecule has 1 unspecified atom stereocenters. The summed E-state index contributed by atoms with van der Waals surface area (Å²) in [5.74, 6) is -0.791. The Bertz CT molecular complexity index is 1050. The van der Waals surface area contributed by atoms with Crippen LogP contribution in [-0.4, -0.2) is 28.5 Å². The molecular formula is C25H26FN3O2. The van der Waals surface area contributed by atoms with Crippen LogP contribution in [0.5, 0.6) is 0 Å². The van der Waals surface area contributed by atoms with Crippen molar-refractivity contribution in [2.45, 2.75) is 45.3 Å². The third-order valence-corrected chi connectivity index (χ3v) is 5.31. The molecule has 0 radical (unpaired) electrons. The Morgan fingerprint density at radius 3 is 2.55 bits per heavy atom. The molecule has 4 rings (SSSR count). The molecule has 0 aliphatic carbocycles. The first-order valence-corrected chi connectivity index (χ1v) is 10.7. The summed E-state index contributed by atoms with van der Waals surface area (Å²) < 4.78 is 22.1. The summed E-state index contributed by atoms with van der Waals surface area (Å²) in [6, 6.07) is 12.6. The van der Waals surface area contributed by atoms with Crippen LogP contribution in [0.25, 0.3) is 22.4 Å². The van der Waals surface area contributed by atoms with E-state index < -0.39 is 11.9 Å². The standard InChI is InChI=1S/C25H26FN3O2/c1-16(2)28-25(30)24-20(18-11-8-13-27-15-18)21(19-12-6-7-14-31-19)22(26)23(29-24)17-9-4-3-5-10-17/h3-5,8-11,13,15-16,19H,6-7,12,14H2,1-2H3,(H,28,30). The SMILES string of the molecule is CC(C)NC(=O)c1nc(-c2ccccc2)c(F)c(C2CCCCO2)c1-c1cccnc1. The van der Waals surface area contributed by atoms with Crippen molar-refractivity contribution in [3.05, 3.63) is 71.9 Å². The van der Waals surface area contributed by atoms with Crippen molar-refractivity contribution in [3.63, 3.8) is 0 Å². The van der Waals surface area contributed by atoms with Crippen molar-refractivity contribution in [2.24, 2.45) is 0 Å². The number of hydrogen-bond acceptors (Lipinski definition) is 4. The molecule has 1 aliphatic rings. The molecule has 0 bridgehead atoms. The van der Waals surface area contributed by atoms with Crippen LogP contribution in [0, 0.1) is 5.82 Å². The molecule has 160 valence electrons. The van der Waals surface area contributed by atoms with Gasteiger partial charge in [0.2, 0.25) is 0 Å². The van der Waals surface area contributed by atoms with E-state index in [-0.39, 0.29) is 23.3 Å². The molecule has 2 aromatic heterocycles. The van der Waals surface area contributed by atoms with E-state index in [1.165, 1.54) is 0 Å². The molecule has 1 aromatic carbocycles. The van der Waals surface area contributed by atoms with E-state index in [1.807, 2.05) is 38.1 Å². The second-order valence-electron chi connectivity index (χ2n) is 8.00. The minimum absolute atomic E-state index is 0.0874. The van der Waals surface area contributed by atoms with Crippen LogP contribution >= 0.6 is 0 Å². The number of hydrogen-bond donors (Lipinski definition) is 1. The summed E-state index contributed by atoms with van der Waals surface area (Å²) in [7, 11) is 0. The molecular weight excluding hydrogens is 393 g/mol. The normalized spacial score (nSPS) is 16.3. The van der Waals surface area contributed by atoms with Crippen molar-refractivity contribution < 1.29 is 13.9 Å². The Kier molecular flexibility index (Phi) is 6.37. The van der Waals surface area contributed by atoms with E-state index in [0.717, 1.165) is 12.8 Å². The average molecular weight is 420 g/mol. The molecule has 1 saturated heterocycles. The smallest absolute Gasteiger partial charge is 0.270 e. The number of halogens is 1. The van der Waals surface area contributed by atoms with Gasteiger partial charge in [0, 0.05) is 47.3 Å². The maximum atomic E-state index is 16.1. The van der Waals surface area contributed by atoms with Crippen molar-refractivity contribution in [1.82, 2.24) is 15.3 Å². The molecule has 1 fully saturated rings. The quantitative estimate of drug-likeness (QED) is 0.607. The van der Waals surface area contributed by atoms with Crippen molar-refractivity contribution >= 4 is 5.91 Å². The zero-order chi connectivity index (χ0) is 21.8. The van der Waals surface area contributed by atoms with Gasteiger partial charge in [-0.15, -0.1) is 0 Å². The zero-order valence-electron chi connectivity index (χ0n) is 17.8. The van der Waals surface area contributed by atoms with Gasteiger partial charge in [0.05, 0.1) is 6.10 Å². The highest BCUT2D eigenvalue weighted by molar-refractivity contribution is 6.00. The molecule has 0 saturated carbocycles. The minimum Gasteiger partial charge on any atom is -0.373 e. The molecule has 1 aliphatic heterocycles. The number of nitrogens with one attached hydrogen (secondary N) is 1. The Labute approximate surface area is 181 Å². The van der Waals surface area contributed by atoms with Gasteiger partial charge < -0.3 is 10.1 Å². The molecule has 31 heavy (non-hydrogen) atoms. The van der Waals surface area contributed by atoms with E-state index >= 15 is 4.39 Å². The third-order valence-electron chi connectivity index (χ3n) is 5.31. The number of benzene rings is 1. The largest absolute Gasteiger partial charge is 0.373 e. The second-order valence-corrected chi connectivity index (χ2v) is 8.00. The average Bonchev–Trinajstić information content (AvgIpc) is 2.80. The monoisotopic (exact) mass is 419 g/mol. The van der Waals surface area contributed by atoms with Gasteiger partial charge in [-0.25, -0.2) is 9.37 Å². The lowest BCUT2D eigenvalue weighted by Gasteiger charge is -2.27. The van der Waals surface area contributed by atoms with Crippen LogP contribution in [0.4, 0.5) is 4.39 Å². The minimum atomic E-state index is -0.446. The number of aromatic nitrogens is 2. The molecule has 1 N–H and O–H groups in total. The first-order valence-electron chi connectivity index (χ1n) is 10.7. The number of pyridine rings is 2. The number of nitrogens with zero attached hydrogens (tertiary/aromatic N) is 2. The predicted octanol–water partition coefficient (Wildman–Crippen LogP) is 5.33. The van der Waals surface area contributed by atoms with Gasteiger partial charge in [0.15, 0.2) is 5.82 Å². The lowest BCUT2D eigenvalue weighted by Crippen LogP contribution is -2.32. The summed E-state index contributed by atoms with van der Waals surface area (Å²) in [5.41, 5.74) is 2.45. The Hall–Kier alpha value is -3.12. The van der Waals surface area contributed by atoms with Crippen molar-refractivity contribution in [2.75, 3.05) is 6.61 Å². The fourth-order valence-corrected chi connectivity index (χ4v) is 3.94. The lowest BCUT2D eigenvalue weighted by molar-refractivity contribution is 0.0132. The van der Waals surface area contributed by atoms with Gasteiger partial charge in [-0.3, -0.25) is 9.78 Å². The zero-order valence-corrected chi connectivity index (χ0v) is 17.8. The third kappa shape index (κ3) is 4.49. The van der Waals surface area contributed by atoms with Crippen LogP contribution in [-0.2, 0) is 4.74 Å². The first kappa shape index (κ1) is 21.1. The van der Waals surface area contributed by atoms with Crippen molar-refractivity contribution in [1.29, 1.82) is 0 Å². The van der Waals surface area contributed by atoms with Crippen LogP contribution in [0.1, 0.15) is 55.3 Å². The van der Waals surface area contributed by atoms with Gasteiger partial charge >= 0.3 is 0 Å². The van der Waals surface area contributed by atoms with E-state index in [0.29, 0.717) is 35.3 Å². The number of rotatable bonds is 5. The lowest BCUT2D eigenvalue weighted by atomic mass is 9.90. The predicted molar refractivity (Wildman–Crippen MR) is 118 cm³/mol. The highest BCUT2D eigenvalue weighted by Gasteiger charge is 2.31. The summed E-state index contributed by atoms with van der Waals surface area (Å²) >= 11 is 0. The fourth-order valence-electron chi connectivity index (χ4n) is 3.94. The molecule has 6 heteroatoms. The Balaban J connectivity index is 2.02. The number of ether oxygens (including phenoxy) is 1. The first-order chi connectivity index (χ1) is 15.1. The van der Waals surface area contributed by atoms with Crippen LogP contribution in [0.3, 0.4) is 0 Å². The molecule has 5 nitrogen and oxygen atoms in total. The van der Waals surface area contributed by atoms with E-state index in [4.69, 9.17) is 4.74 Å². The number of carbonyl (C=O) groups is 1. The topological polar surface area (TPSA) is 64.1 Å². The maximum Gasteiger partial charge on any atom is 0.270 e. The molecule has 3 heterocycles. The van der Waals surface area contributed by atoms with Crippen LogP contribution in [0.15, 0.2) is 54.9 Å². The second kappa shape index (κ2) is 9.35.